The number of nitrogens with zero attached hydrogens (tertiary/aromatic N) is 2. The van der Waals surface area contributed by atoms with Gasteiger partial charge in [0.05, 0.1) is 17.7 Å². The fraction of sp³-hybridized carbons (Fsp3) is 0.357. The van der Waals surface area contributed by atoms with Gasteiger partial charge in [0, 0.05) is 11.9 Å². The zero-order valence-electron chi connectivity index (χ0n) is 11.6. The Bertz CT molecular complexity index is 704. The van der Waals surface area contributed by atoms with Crippen LogP contribution in [0.4, 0.5) is 5.82 Å². The molecule has 0 spiro atoms. The van der Waals surface area contributed by atoms with Crippen LogP contribution in [0, 0.1) is 0 Å². The van der Waals surface area contributed by atoms with Crippen molar-refractivity contribution in [3.63, 3.8) is 0 Å². The van der Waals surface area contributed by atoms with Gasteiger partial charge in [-0.15, -0.1) is 11.3 Å². The molecule has 1 aliphatic carbocycles. The van der Waals surface area contributed by atoms with Gasteiger partial charge in [-0.1, -0.05) is 12.2 Å². The third-order valence-corrected chi connectivity index (χ3v) is 5.03. The van der Waals surface area contributed by atoms with Gasteiger partial charge in [0.25, 0.3) is 0 Å². The molecule has 2 aromatic rings. The Labute approximate surface area is 132 Å². The standard InChI is InChI=1S/C14H16N4OS2/c1-18-13(10(7-16-18)12(15)20)17-14(19)9-3-2-4-11-8(9)5-6-21-11/h5-7,9H,2-4H2,1H3,(H2,15,20)(H,17,19). The highest BCUT2D eigenvalue weighted by molar-refractivity contribution is 7.80. The van der Waals surface area contributed by atoms with Crippen molar-refractivity contribution in [2.24, 2.45) is 12.8 Å². The number of amides is 1. The molecule has 2 aromatic heterocycles. The number of carbonyl (C=O) groups excluding carboxylic acids is 1. The van der Waals surface area contributed by atoms with Crippen molar-refractivity contribution < 1.29 is 4.79 Å². The highest BCUT2D eigenvalue weighted by Gasteiger charge is 2.28. The minimum Gasteiger partial charge on any atom is -0.389 e. The number of nitrogens with two attached hydrogens (primary N) is 1. The summed E-state index contributed by atoms with van der Waals surface area (Å²) in [6.45, 7) is 0. The van der Waals surface area contributed by atoms with Gasteiger partial charge in [-0.3, -0.25) is 9.48 Å². The van der Waals surface area contributed by atoms with Gasteiger partial charge in [-0.05, 0) is 36.3 Å². The Morgan fingerprint density at radius 3 is 3.19 bits per heavy atom. The molecule has 3 N–H and O–H groups in total. The Hall–Kier alpha value is -1.73. The minimum absolute atomic E-state index is 0.0181. The molecule has 0 bridgehead atoms. The van der Waals surface area contributed by atoms with E-state index in [1.165, 1.54) is 4.88 Å². The molecule has 110 valence electrons. The highest BCUT2D eigenvalue weighted by Crippen LogP contribution is 2.35. The molecule has 3 rings (SSSR count). The lowest BCUT2D eigenvalue weighted by Gasteiger charge is -2.22. The van der Waals surface area contributed by atoms with Crippen LogP contribution in [0.5, 0.6) is 0 Å². The molecule has 1 unspecified atom stereocenters. The normalized spacial score (nSPS) is 17.3. The van der Waals surface area contributed by atoms with Crippen LogP contribution in [0.3, 0.4) is 0 Å². The van der Waals surface area contributed by atoms with Gasteiger partial charge in [0.1, 0.15) is 10.8 Å². The largest absolute Gasteiger partial charge is 0.389 e. The summed E-state index contributed by atoms with van der Waals surface area (Å²) in [5.41, 5.74) is 7.43. The van der Waals surface area contributed by atoms with Crippen LogP contribution < -0.4 is 11.1 Å². The van der Waals surface area contributed by atoms with E-state index in [0.29, 0.717) is 11.4 Å². The molecule has 2 heterocycles. The van der Waals surface area contributed by atoms with E-state index < -0.39 is 0 Å². The van der Waals surface area contributed by atoms with Crippen LogP contribution in [0.25, 0.3) is 0 Å². The summed E-state index contributed by atoms with van der Waals surface area (Å²) in [7, 11) is 1.76. The summed E-state index contributed by atoms with van der Waals surface area (Å²) in [4.78, 5) is 14.2. The van der Waals surface area contributed by atoms with E-state index in [0.717, 1.165) is 24.8 Å². The maximum absolute atomic E-state index is 12.6. The molecule has 0 fully saturated rings. The smallest absolute Gasteiger partial charge is 0.233 e. The number of carbonyl (C=O) groups is 1. The number of thiophene rings is 1. The summed E-state index contributed by atoms with van der Waals surface area (Å²) in [6, 6.07) is 2.06. The molecule has 7 heteroatoms. The predicted octanol–water partition coefficient (Wildman–Crippen LogP) is 2.17. The number of hydrogen-bond donors (Lipinski definition) is 2. The van der Waals surface area contributed by atoms with Crippen molar-refractivity contribution >= 4 is 40.3 Å². The van der Waals surface area contributed by atoms with Gasteiger partial charge in [-0.25, -0.2) is 0 Å². The van der Waals surface area contributed by atoms with Crippen molar-refractivity contribution in [3.8, 4) is 0 Å². The summed E-state index contributed by atoms with van der Waals surface area (Å²) in [5, 5.41) is 9.10. The molecule has 0 radical (unpaired) electrons. The number of hydrogen-bond acceptors (Lipinski definition) is 4. The highest BCUT2D eigenvalue weighted by atomic mass is 32.1. The second-order valence-corrected chi connectivity index (χ2v) is 6.57. The van der Waals surface area contributed by atoms with Crippen molar-refractivity contribution in [2.75, 3.05) is 5.32 Å². The van der Waals surface area contributed by atoms with Crippen molar-refractivity contribution in [1.82, 2.24) is 9.78 Å². The maximum Gasteiger partial charge on any atom is 0.233 e. The van der Waals surface area contributed by atoms with E-state index >= 15 is 0 Å². The lowest BCUT2D eigenvalue weighted by Crippen LogP contribution is -2.26. The topological polar surface area (TPSA) is 72.9 Å². The zero-order valence-corrected chi connectivity index (χ0v) is 13.3. The van der Waals surface area contributed by atoms with Crippen LogP contribution >= 0.6 is 23.6 Å². The molecule has 1 amide bonds. The van der Waals surface area contributed by atoms with E-state index in [9.17, 15) is 4.79 Å². The van der Waals surface area contributed by atoms with Gasteiger partial charge in [-0.2, -0.15) is 5.10 Å². The van der Waals surface area contributed by atoms with E-state index in [4.69, 9.17) is 18.0 Å². The predicted molar refractivity (Wildman–Crippen MR) is 87.7 cm³/mol. The average molecular weight is 320 g/mol. The van der Waals surface area contributed by atoms with Gasteiger partial charge < -0.3 is 11.1 Å². The molecule has 0 aliphatic heterocycles. The first-order valence-corrected chi connectivity index (χ1v) is 8.05. The second kappa shape index (κ2) is 5.57. The molecule has 0 aromatic carbocycles. The Morgan fingerprint density at radius 1 is 1.62 bits per heavy atom. The number of nitrogens with one attached hydrogen (secondary N) is 1. The van der Waals surface area contributed by atoms with Crippen LogP contribution in [0.1, 0.15) is 34.8 Å². The zero-order chi connectivity index (χ0) is 15.0. The van der Waals surface area contributed by atoms with Crippen LogP contribution in [-0.4, -0.2) is 20.7 Å². The van der Waals surface area contributed by atoms with Crippen molar-refractivity contribution in [1.29, 1.82) is 0 Å². The minimum atomic E-state index is -0.103. The lowest BCUT2D eigenvalue weighted by molar-refractivity contribution is -0.117. The van der Waals surface area contributed by atoms with Crippen molar-refractivity contribution in [3.05, 3.63) is 33.6 Å². The lowest BCUT2D eigenvalue weighted by atomic mass is 9.87. The van der Waals surface area contributed by atoms with Gasteiger partial charge in [0.15, 0.2) is 0 Å². The summed E-state index contributed by atoms with van der Waals surface area (Å²) >= 11 is 6.72. The van der Waals surface area contributed by atoms with Crippen LogP contribution in [0.2, 0.25) is 0 Å². The molecular formula is C14H16N4OS2. The maximum atomic E-state index is 12.6. The Balaban J connectivity index is 1.86. The first kappa shape index (κ1) is 14.2. The molecule has 0 saturated heterocycles. The second-order valence-electron chi connectivity index (χ2n) is 5.13. The molecule has 1 atom stereocenters. The molecule has 21 heavy (non-hydrogen) atoms. The summed E-state index contributed by atoms with van der Waals surface area (Å²) in [6.07, 6.45) is 4.56. The fourth-order valence-electron chi connectivity index (χ4n) is 2.73. The Morgan fingerprint density at radius 2 is 2.43 bits per heavy atom. The molecule has 1 aliphatic rings. The van der Waals surface area contributed by atoms with Crippen LogP contribution in [-0.2, 0) is 18.3 Å². The van der Waals surface area contributed by atoms with E-state index in [1.807, 2.05) is 0 Å². The Kier molecular flexibility index (Phi) is 3.77. The molecular weight excluding hydrogens is 304 g/mol. The molecule has 5 nitrogen and oxygen atoms in total. The van der Waals surface area contributed by atoms with Crippen molar-refractivity contribution in [2.45, 2.75) is 25.2 Å². The first-order chi connectivity index (χ1) is 10.1. The fourth-order valence-corrected chi connectivity index (χ4v) is 3.87. The van der Waals surface area contributed by atoms with Gasteiger partial charge >= 0.3 is 0 Å². The van der Waals surface area contributed by atoms with E-state index in [-0.39, 0.29) is 16.8 Å². The number of aromatic nitrogens is 2. The molecule has 0 saturated carbocycles. The monoisotopic (exact) mass is 320 g/mol. The summed E-state index contributed by atoms with van der Waals surface area (Å²) < 4.78 is 1.59. The van der Waals surface area contributed by atoms with Crippen LogP contribution in [0.15, 0.2) is 17.6 Å². The third-order valence-electron chi connectivity index (χ3n) is 3.81. The number of thiocarbonyl (C=S) groups is 1. The third kappa shape index (κ3) is 2.58. The number of anilines is 1. The average Bonchev–Trinajstić information content (AvgIpc) is 3.05. The SMILES string of the molecule is Cn1ncc(C(N)=S)c1NC(=O)C1CCCc2sccc21. The number of aryl methyl sites for hydroxylation is 2. The van der Waals surface area contributed by atoms with Gasteiger partial charge in [0.2, 0.25) is 5.91 Å². The van der Waals surface area contributed by atoms with E-state index in [2.05, 4.69) is 21.9 Å². The quantitative estimate of drug-likeness (QED) is 0.850. The van der Waals surface area contributed by atoms with E-state index in [1.54, 1.807) is 29.3 Å². The summed E-state index contributed by atoms with van der Waals surface area (Å²) in [5.74, 6) is 0.444. The first-order valence-electron chi connectivity index (χ1n) is 6.77. The number of rotatable bonds is 3. The number of fused-ring (bicyclic) bond motifs is 1.